The van der Waals surface area contributed by atoms with Crippen molar-refractivity contribution in [2.24, 2.45) is 0 Å². The molecular formula is C10H14N2O. The molecule has 0 aliphatic rings. The van der Waals surface area contributed by atoms with Gasteiger partial charge in [-0.15, -0.1) is 0 Å². The first-order chi connectivity index (χ1) is 6.24. The fourth-order valence-electron chi connectivity index (χ4n) is 1.03. The van der Waals surface area contributed by atoms with Gasteiger partial charge in [0.15, 0.2) is 0 Å². The largest absolute Gasteiger partial charge is 0.388 e. The van der Waals surface area contributed by atoms with Crippen molar-refractivity contribution in [2.75, 3.05) is 0 Å². The minimum absolute atomic E-state index is 0.497. The van der Waals surface area contributed by atoms with E-state index < -0.39 is 6.10 Å². The molecule has 3 nitrogen and oxygen atoms in total. The van der Waals surface area contributed by atoms with Crippen molar-refractivity contribution in [2.45, 2.75) is 25.9 Å². The topological polar surface area (TPSA) is 46.0 Å². The van der Waals surface area contributed by atoms with Gasteiger partial charge in [-0.1, -0.05) is 19.1 Å². The van der Waals surface area contributed by atoms with Gasteiger partial charge >= 0.3 is 0 Å². The standard InChI is InChI=1S/C10H14N2O/c1-3-8(2)6-10(13)9-4-5-11-12-7-9/h4-5,7,10,13H,2-3,6H2,1H3. The predicted octanol–water partition coefficient (Wildman–Crippen LogP) is 1.87. The molecule has 1 aromatic rings. The van der Waals surface area contributed by atoms with Crippen molar-refractivity contribution < 1.29 is 5.11 Å². The van der Waals surface area contributed by atoms with Crippen molar-refractivity contribution in [3.8, 4) is 0 Å². The van der Waals surface area contributed by atoms with Crippen LogP contribution in [-0.4, -0.2) is 15.3 Å². The fourth-order valence-corrected chi connectivity index (χ4v) is 1.03. The van der Waals surface area contributed by atoms with Crippen molar-refractivity contribution >= 4 is 0 Å². The summed E-state index contributed by atoms with van der Waals surface area (Å²) in [6, 6.07) is 1.76. The molecule has 3 heteroatoms. The summed E-state index contributed by atoms with van der Waals surface area (Å²) in [5.41, 5.74) is 1.84. The summed E-state index contributed by atoms with van der Waals surface area (Å²) < 4.78 is 0. The summed E-state index contributed by atoms with van der Waals surface area (Å²) >= 11 is 0. The number of rotatable bonds is 4. The first-order valence-electron chi connectivity index (χ1n) is 4.35. The second-order valence-corrected chi connectivity index (χ2v) is 3.00. The van der Waals surface area contributed by atoms with Crippen molar-refractivity contribution in [3.05, 3.63) is 36.2 Å². The lowest BCUT2D eigenvalue weighted by molar-refractivity contribution is 0.177. The van der Waals surface area contributed by atoms with Gasteiger partial charge in [-0.05, 0) is 18.9 Å². The van der Waals surface area contributed by atoms with E-state index in [4.69, 9.17) is 0 Å². The molecule has 1 N–H and O–H groups in total. The SMILES string of the molecule is C=C(CC)CC(O)c1ccnnc1. The van der Waals surface area contributed by atoms with E-state index in [2.05, 4.69) is 16.8 Å². The molecule has 0 amide bonds. The van der Waals surface area contributed by atoms with Crippen LogP contribution in [0.3, 0.4) is 0 Å². The van der Waals surface area contributed by atoms with Gasteiger partial charge in [0.25, 0.3) is 0 Å². The Hall–Kier alpha value is -1.22. The van der Waals surface area contributed by atoms with Gasteiger partial charge in [-0.25, -0.2) is 0 Å². The monoisotopic (exact) mass is 178 g/mol. The molecule has 1 rings (SSSR count). The highest BCUT2D eigenvalue weighted by Gasteiger charge is 2.07. The van der Waals surface area contributed by atoms with Crippen LogP contribution >= 0.6 is 0 Å². The lowest BCUT2D eigenvalue weighted by Gasteiger charge is -2.10. The molecule has 0 aliphatic heterocycles. The van der Waals surface area contributed by atoms with Crippen molar-refractivity contribution in [1.82, 2.24) is 10.2 Å². The second kappa shape index (κ2) is 4.72. The Labute approximate surface area is 78.1 Å². The van der Waals surface area contributed by atoms with Gasteiger partial charge in [0.2, 0.25) is 0 Å². The molecule has 1 unspecified atom stereocenters. The van der Waals surface area contributed by atoms with E-state index in [0.29, 0.717) is 6.42 Å². The second-order valence-electron chi connectivity index (χ2n) is 3.00. The van der Waals surface area contributed by atoms with Crippen LogP contribution in [0.2, 0.25) is 0 Å². The maximum atomic E-state index is 9.69. The number of aliphatic hydroxyl groups is 1. The van der Waals surface area contributed by atoms with E-state index >= 15 is 0 Å². The van der Waals surface area contributed by atoms with Crippen LogP contribution in [-0.2, 0) is 0 Å². The number of aliphatic hydroxyl groups excluding tert-OH is 1. The molecule has 0 radical (unpaired) electrons. The summed E-state index contributed by atoms with van der Waals surface area (Å²) in [4.78, 5) is 0. The molecule has 0 fully saturated rings. The van der Waals surface area contributed by atoms with E-state index in [-0.39, 0.29) is 0 Å². The summed E-state index contributed by atoms with van der Waals surface area (Å²) in [5, 5.41) is 17.0. The zero-order valence-electron chi connectivity index (χ0n) is 7.77. The number of hydrogen-bond acceptors (Lipinski definition) is 3. The van der Waals surface area contributed by atoms with Gasteiger partial charge < -0.3 is 5.11 Å². The zero-order chi connectivity index (χ0) is 9.68. The van der Waals surface area contributed by atoms with Gasteiger partial charge in [0, 0.05) is 11.8 Å². The molecular weight excluding hydrogens is 164 g/mol. The van der Waals surface area contributed by atoms with Crippen LogP contribution in [0.25, 0.3) is 0 Å². The number of nitrogens with zero attached hydrogens (tertiary/aromatic N) is 2. The quantitative estimate of drug-likeness (QED) is 0.716. The molecule has 0 saturated carbocycles. The molecule has 0 bridgehead atoms. The van der Waals surface area contributed by atoms with E-state index in [1.807, 2.05) is 6.92 Å². The third-order valence-corrected chi connectivity index (χ3v) is 1.97. The Morgan fingerprint density at radius 2 is 2.38 bits per heavy atom. The maximum Gasteiger partial charge on any atom is 0.0843 e. The average molecular weight is 178 g/mol. The number of aromatic nitrogens is 2. The molecule has 1 heterocycles. The average Bonchev–Trinajstić information content (AvgIpc) is 2.19. The first-order valence-corrected chi connectivity index (χ1v) is 4.35. The Bertz CT molecular complexity index is 272. The molecule has 1 atom stereocenters. The predicted molar refractivity (Wildman–Crippen MR) is 51.0 cm³/mol. The van der Waals surface area contributed by atoms with Gasteiger partial charge in [0.05, 0.1) is 12.3 Å². The molecule has 13 heavy (non-hydrogen) atoms. The van der Waals surface area contributed by atoms with E-state index in [1.54, 1.807) is 18.5 Å². The third kappa shape index (κ3) is 2.95. The van der Waals surface area contributed by atoms with Crippen LogP contribution in [0.4, 0.5) is 0 Å². The van der Waals surface area contributed by atoms with Gasteiger partial charge in [0.1, 0.15) is 0 Å². The molecule has 0 spiro atoms. The van der Waals surface area contributed by atoms with E-state index in [9.17, 15) is 5.11 Å². The summed E-state index contributed by atoms with van der Waals surface area (Å²) in [7, 11) is 0. The zero-order valence-corrected chi connectivity index (χ0v) is 7.77. The Morgan fingerprint density at radius 1 is 1.62 bits per heavy atom. The molecule has 70 valence electrons. The van der Waals surface area contributed by atoms with Crippen LogP contribution < -0.4 is 0 Å². The Balaban J connectivity index is 2.59. The Kier molecular flexibility index (Phi) is 3.58. The van der Waals surface area contributed by atoms with E-state index in [0.717, 1.165) is 17.6 Å². The van der Waals surface area contributed by atoms with Gasteiger partial charge in [-0.3, -0.25) is 0 Å². The lowest BCUT2D eigenvalue weighted by Crippen LogP contribution is -1.99. The van der Waals surface area contributed by atoms with Crippen LogP contribution in [0.5, 0.6) is 0 Å². The highest BCUT2D eigenvalue weighted by molar-refractivity contribution is 5.12. The summed E-state index contributed by atoms with van der Waals surface area (Å²) in [5.74, 6) is 0. The fraction of sp³-hybridized carbons (Fsp3) is 0.400. The van der Waals surface area contributed by atoms with Crippen LogP contribution in [0, 0.1) is 0 Å². The normalized spacial score (nSPS) is 12.5. The molecule has 0 aliphatic carbocycles. The minimum atomic E-state index is -0.497. The van der Waals surface area contributed by atoms with Gasteiger partial charge in [-0.2, -0.15) is 10.2 Å². The highest BCUT2D eigenvalue weighted by atomic mass is 16.3. The van der Waals surface area contributed by atoms with Crippen LogP contribution in [0.15, 0.2) is 30.6 Å². The van der Waals surface area contributed by atoms with Crippen LogP contribution in [0.1, 0.15) is 31.4 Å². The molecule has 0 saturated heterocycles. The summed E-state index contributed by atoms with van der Waals surface area (Å²) in [6.45, 7) is 5.87. The van der Waals surface area contributed by atoms with Crippen molar-refractivity contribution in [3.63, 3.8) is 0 Å². The third-order valence-electron chi connectivity index (χ3n) is 1.97. The molecule has 0 aromatic carbocycles. The summed E-state index contributed by atoms with van der Waals surface area (Å²) in [6.07, 6.45) is 4.15. The van der Waals surface area contributed by atoms with Crippen molar-refractivity contribution in [1.29, 1.82) is 0 Å². The maximum absolute atomic E-state index is 9.69. The van der Waals surface area contributed by atoms with E-state index in [1.165, 1.54) is 0 Å². The highest BCUT2D eigenvalue weighted by Crippen LogP contribution is 2.19. The number of hydrogen-bond donors (Lipinski definition) is 1. The smallest absolute Gasteiger partial charge is 0.0843 e. The lowest BCUT2D eigenvalue weighted by atomic mass is 10.0. The minimum Gasteiger partial charge on any atom is -0.388 e. The molecule has 1 aromatic heterocycles. The Morgan fingerprint density at radius 3 is 2.92 bits per heavy atom. The first kappa shape index (κ1) is 9.86.